The Balaban J connectivity index is 1.96. The normalized spacial score (nSPS) is 16.8. The van der Waals surface area contributed by atoms with Gasteiger partial charge in [0, 0.05) is 42.0 Å². The van der Waals surface area contributed by atoms with Gasteiger partial charge < -0.3 is 9.64 Å². The first-order valence-corrected chi connectivity index (χ1v) is 11.4. The lowest BCUT2D eigenvalue weighted by atomic mass is 10.1. The van der Waals surface area contributed by atoms with Gasteiger partial charge in [-0.25, -0.2) is 8.42 Å². The SMILES string of the molecule is CS(=O)(=O)c1cc(C(=O)N(Cc2cccs2)CC2CCCO2)cc([N+](=O)[O-])c1. The van der Waals surface area contributed by atoms with Gasteiger partial charge in [0.25, 0.3) is 11.6 Å². The first kappa shape index (κ1) is 20.4. The second kappa shape index (κ2) is 8.38. The summed E-state index contributed by atoms with van der Waals surface area (Å²) in [6.45, 7) is 1.31. The van der Waals surface area contributed by atoms with E-state index >= 15 is 0 Å². The monoisotopic (exact) mass is 424 g/mol. The summed E-state index contributed by atoms with van der Waals surface area (Å²) in [5.41, 5.74) is -0.455. The Morgan fingerprint density at radius 3 is 2.75 bits per heavy atom. The Hall–Kier alpha value is -2.30. The van der Waals surface area contributed by atoms with E-state index in [1.54, 1.807) is 4.90 Å². The van der Waals surface area contributed by atoms with E-state index in [0.29, 0.717) is 19.7 Å². The van der Waals surface area contributed by atoms with Gasteiger partial charge in [0.2, 0.25) is 0 Å². The standard InChI is InChI=1S/C18H20N2O6S2/c1-28(24,25)17-9-13(8-14(10-17)20(22)23)18(21)19(11-15-4-2-6-26-15)12-16-5-3-7-27-16/h3,5,7-10,15H,2,4,6,11-12H2,1H3. The van der Waals surface area contributed by atoms with Gasteiger partial charge in [-0.1, -0.05) is 6.07 Å². The quantitative estimate of drug-likeness (QED) is 0.500. The van der Waals surface area contributed by atoms with E-state index in [9.17, 15) is 23.3 Å². The van der Waals surface area contributed by atoms with Crippen LogP contribution in [0.2, 0.25) is 0 Å². The molecule has 0 saturated carbocycles. The van der Waals surface area contributed by atoms with Gasteiger partial charge in [0.05, 0.1) is 22.5 Å². The fourth-order valence-electron chi connectivity index (χ4n) is 3.05. The van der Waals surface area contributed by atoms with E-state index in [2.05, 4.69) is 0 Å². The fraction of sp³-hybridized carbons (Fsp3) is 0.389. The number of amides is 1. The average molecular weight is 425 g/mol. The van der Waals surface area contributed by atoms with Gasteiger partial charge in [0.15, 0.2) is 9.84 Å². The number of nitro benzene ring substituents is 1. The first-order chi connectivity index (χ1) is 13.2. The van der Waals surface area contributed by atoms with Crippen LogP contribution >= 0.6 is 11.3 Å². The largest absolute Gasteiger partial charge is 0.376 e. The molecule has 1 aliphatic rings. The fourth-order valence-corrected chi connectivity index (χ4v) is 4.45. The molecule has 150 valence electrons. The third kappa shape index (κ3) is 4.94. The van der Waals surface area contributed by atoms with Crippen molar-refractivity contribution in [2.75, 3.05) is 19.4 Å². The van der Waals surface area contributed by atoms with E-state index in [1.165, 1.54) is 17.4 Å². The van der Waals surface area contributed by atoms with Gasteiger partial charge in [-0.05, 0) is 30.4 Å². The van der Waals surface area contributed by atoms with Gasteiger partial charge in [0.1, 0.15) is 0 Å². The number of nitrogens with zero attached hydrogens (tertiary/aromatic N) is 2. The molecule has 0 aliphatic carbocycles. The number of hydrogen-bond acceptors (Lipinski definition) is 7. The van der Waals surface area contributed by atoms with Crippen molar-refractivity contribution in [2.45, 2.75) is 30.4 Å². The van der Waals surface area contributed by atoms with Crippen LogP contribution in [0.4, 0.5) is 5.69 Å². The smallest absolute Gasteiger partial charge is 0.271 e. The molecular weight excluding hydrogens is 404 g/mol. The molecule has 1 aromatic carbocycles. The Morgan fingerprint density at radius 1 is 1.39 bits per heavy atom. The molecule has 1 amide bonds. The molecule has 1 aromatic heterocycles. The highest BCUT2D eigenvalue weighted by Gasteiger charge is 2.26. The third-order valence-corrected chi connectivity index (χ3v) is 6.39. The minimum absolute atomic E-state index is 0.0239. The van der Waals surface area contributed by atoms with Crippen molar-refractivity contribution in [2.24, 2.45) is 0 Å². The van der Waals surface area contributed by atoms with E-state index in [-0.39, 0.29) is 16.6 Å². The zero-order chi connectivity index (χ0) is 20.3. The van der Waals surface area contributed by atoms with Gasteiger partial charge in [-0.15, -0.1) is 11.3 Å². The molecule has 0 spiro atoms. The second-order valence-corrected chi connectivity index (χ2v) is 9.69. The number of carbonyl (C=O) groups excluding carboxylic acids is 1. The first-order valence-electron chi connectivity index (χ1n) is 8.67. The summed E-state index contributed by atoms with van der Waals surface area (Å²) in [5.74, 6) is -0.461. The molecule has 1 unspecified atom stereocenters. The topological polar surface area (TPSA) is 107 Å². The maximum absolute atomic E-state index is 13.2. The lowest BCUT2D eigenvalue weighted by Crippen LogP contribution is -2.36. The molecule has 28 heavy (non-hydrogen) atoms. The summed E-state index contributed by atoms with van der Waals surface area (Å²) in [5, 5.41) is 13.1. The van der Waals surface area contributed by atoms with Crippen molar-refractivity contribution >= 4 is 32.8 Å². The number of ether oxygens (including phenoxy) is 1. The molecule has 3 rings (SSSR count). The summed E-state index contributed by atoms with van der Waals surface area (Å²) in [6, 6.07) is 7.06. The molecular formula is C18H20N2O6S2. The molecule has 10 heteroatoms. The summed E-state index contributed by atoms with van der Waals surface area (Å²) in [6.07, 6.45) is 2.60. The molecule has 1 aliphatic heterocycles. The molecule has 1 fully saturated rings. The van der Waals surface area contributed by atoms with Crippen molar-refractivity contribution in [3.05, 3.63) is 56.3 Å². The van der Waals surface area contributed by atoms with E-state index in [0.717, 1.165) is 36.1 Å². The zero-order valence-electron chi connectivity index (χ0n) is 15.2. The van der Waals surface area contributed by atoms with Crippen molar-refractivity contribution in [3.8, 4) is 0 Å². The number of carbonyl (C=O) groups is 1. The van der Waals surface area contributed by atoms with Crippen molar-refractivity contribution < 1.29 is 22.9 Å². The van der Waals surface area contributed by atoms with Crippen LogP contribution in [-0.2, 0) is 21.1 Å². The summed E-state index contributed by atoms with van der Waals surface area (Å²) in [4.78, 5) is 26.0. The molecule has 8 nitrogen and oxygen atoms in total. The molecule has 0 N–H and O–H groups in total. The molecule has 1 atom stereocenters. The van der Waals surface area contributed by atoms with Crippen LogP contribution in [0.5, 0.6) is 0 Å². The Bertz CT molecular complexity index is 966. The lowest BCUT2D eigenvalue weighted by molar-refractivity contribution is -0.385. The zero-order valence-corrected chi connectivity index (χ0v) is 16.9. The van der Waals surface area contributed by atoms with Gasteiger partial charge in [-0.3, -0.25) is 14.9 Å². The van der Waals surface area contributed by atoms with Crippen molar-refractivity contribution in [1.82, 2.24) is 4.90 Å². The van der Waals surface area contributed by atoms with Crippen LogP contribution in [0, 0.1) is 10.1 Å². The molecule has 2 aromatic rings. The summed E-state index contributed by atoms with van der Waals surface area (Å²) >= 11 is 1.50. The second-order valence-electron chi connectivity index (χ2n) is 6.64. The van der Waals surface area contributed by atoms with Crippen LogP contribution in [0.3, 0.4) is 0 Å². The highest BCUT2D eigenvalue weighted by atomic mass is 32.2. The summed E-state index contributed by atoms with van der Waals surface area (Å²) < 4.78 is 29.5. The number of hydrogen-bond donors (Lipinski definition) is 0. The minimum Gasteiger partial charge on any atom is -0.376 e. The van der Waals surface area contributed by atoms with Crippen LogP contribution in [-0.4, -0.2) is 49.7 Å². The Kier molecular flexibility index (Phi) is 6.11. The van der Waals surface area contributed by atoms with Crippen LogP contribution in [0.15, 0.2) is 40.6 Å². The van der Waals surface area contributed by atoms with Gasteiger partial charge in [-0.2, -0.15) is 0 Å². The molecule has 1 saturated heterocycles. The highest BCUT2D eigenvalue weighted by molar-refractivity contribution is 7.90. The van der Waals surface area contributed by atoms with Crippen molar-refractivity contribution in [3.63, 3.8) is 0 Å². The van der Waals surface area contributed by atoms with E-state index in [1.807, 2.05) is 17.5 Å². The maximum atomic E-state index is 13.2. The van der Waals surface area contributed by atoms with E-state index in [4.69, 9.17) is 4.74 Å². The number of thiophene rings is 1. The molecule has 2 heterocycles. The predicted octanol–water partition coefficient (Wildman–Crippen LogP) is 2.88. The minimum atomic E-state index is -3.71. The average Bonchev–Trinajstić information content (AvgIpc) is 3.33. The van der Waals surface area contributed by atoms with Crippen molar-refractivity contribution in [1.29, 1.82) is 0 Å². The van der Waals surface area contributed by atoms with E-state index < -0.39 is 26.4 Å². The van der Waals surface area contributed by atoms with Crippen LogP contribution in [0.25, 0.3) is 0 Å². The predicted molar refractivity (Wildman–Crippen MR) is 104 cm³/mol. The Labute approximate surface area is 166 Å². The number of nitro groups is 1. The summed E-state index contributed by atoms with van der Waals surface area (Å²) in [7, 11) is -3.71. The Morgan fingerprint density at radius 2 is 2.18 bits per heavy atom. The third-order valence-electron chi connectivity index (χ3n) is 4.44. The van der Waals surface area contributed by atoms with Crippen LogP contribution in [0.1, 0.15) is 28.1 Å². The number of rotatable bonds is 7. The molecule has 0 bridgehead atoms. The molecule has 0 radical (unpaired) electrons. The maximum Gasteiger partial charge on any atom is 0.271 e. The highest BCUT2D eigenvalue weighted by Crippen LogP contribution is 2.24. The number of non-ortho nitro benzene ring substituents is 1. The number of sulfone groups is 1. The number of benzene rings is 1. The lowest BCUT2D eigenvalue weighted by Gasteiger charge is -2.25. The van der Waals surface area contributed by atoms with Gasteiger partial charge >= 0.3 is 0 Å². The van der Waals surface area contributed by atoms with Crippen LogP contribution < -0.4 is 0 Å².